The van der Waals surface area contributed by atoms with E-state index >= 15 is 0 Å². The van der Waals surface area contributed by atoms with E-state index in [4.69, 9.17) is 4.74 Å². The number of ether oxygens (including phenoxy) is 1. The molecule has 0 saturated carbocycles. The second-order valence-corrected chi connectivity index (χ2v) is 7.27. The van der Waals surface area contributed by atoms with Gasteiger partial charge in [-0.15, -0.1) is 10.2 Å². The van der Waals surface area contributed by atoms with Crippen LogP contribution in [0.3, 0.4) is 0 Å². The van der Waals surface area contributed by atoms with Gasteiger partial charge in [-0.25, -0.2) is 0 Å². The first-order valence-corrected chi connectivity index (χ1v) is 9.19. The first kappa shape index (κ1) is 18.1. The van der Waals surface area contributed by atoms with Crippen LogP contribution in [0.4, 0.5) is 5.13 Å². The Hall–Kier alpha value is -2.73. The van der Waals surface area contributed by atoms with Crippen molar-refractivity contribution < 1.29 is 9.53 Å². The second-order valence-electron chi connectivity index (χ2n) is 6.30. The standard InChI is InChI=1S/C20H21N3O2S/c1-12-5-8-16(9-6-12)19-22-23-20(26-19)21-18(24)15(4)25-17-10-7-13(2)11-14(17)3/h5-11,15H,1-4H3,(H,21,23,24)/t15-/m1/s1. The predicted octanol–water partition coefficient (Wildman–Crippen LogP) is 4.54. The van der Waals surface area contributed by atoms with Crippen LogP contribution in [0.15, 0.2) is 42.5 Å². The van der Waals surface area contributed by atoms with Gasteiger partial charge < -0.3 is 4.74 Å². The maximum absolute atomic E-state index is 12.4. The van der Waals surface area contributed by atoms with Crippen molar-refractivity contribution >= 4 is 22.4 Å². The minimum Gasteiger partial charge on any atom is -0.481 e. The number of anilines is 1. The number of benzene rings is 2. The Morgan fingerprint density at radius 1 is 1.04 bits per heavy atom. The molecule has 1 atom stereocenters. The Morgan fingerprint density at radius 2 is 1.73 bits per heavy atom. The van der Waals surface area contributed by atoms with Crippen LogP contribution < -0.4 is 10.1 Å². The van der Waals surface area contributed by atoms with E-state index < -0.39 is 6.10 Å². The highest BCUT2D eigenvalue weighted by molar-refractivity contribution is 7.18. The molecular formula is C20H21N3O2S. The van der Waals surface area contributed by atoms with Gasteiger partial charge in [0, 0.05) is 5.56 Å². The molecule has 6 heteroatoms. The minimum atomic E-state index is -0.636. The van der Waals surface area contributed by atoms with E-state index in [9.17, 15) is 4.79 Å². The zero-order valence-corrected chi connectivity index (χ0v) is 16.1. The molecular weight excluding hydrogens is 346 g/mol. The van der Waals surface area contributed by atoms with Crippen LogP contribution in [0, 0.1) is 20.8 Å². The molecule has 0 spiro atoms. The summed E-state index contributed by atoms with van der Waals surface area (Å²) >= 11 is 1.34. The van der Waals surface area contributed by atoms with Crippen LogP contribution in [0.1, 0.15) is 23.6 Å². The smallest absolute Gasteiger partial charge is 0.266 e. The summed E-state index contributed by atoms with van der Waals surface area (Å²) in [4.78, 5) is 12.4. The maximum atomic E-state index is 12.4. The lowest BCUT2D eigenvalue weighted by atomic mass is 10.1. The van der Waals surface area contributed by atoms with E-state index in [0.717, 1.165) is 21.7 Å². The molecule has 26 heavy (non-hydrogen) atoms. The second kappa shape index (κ2) is 7.66. The van der Waals surface area contributed by atoms with Gasteiger partial charge in [0.25, 0.3) is 5.91 Å². The topological polar surface area (TPSA) is 64.1 Å². The molecule has 134 valence electrons. The number of nitrogens with one attached hydrogen (secondary N) is 1. The Labute approximate surface area is 157 Å². The Kier molecular flexibility index (Phi) is 5.32. The number of carbonyl (C=O) groups is 1. The van der Waals surface area contributed by atoms with E-state index in [2.05, 4.69) is 15.5 Å². The summed E-state index contributed by atoms with van der Waals surface area (Å²) in [7, 11) is 0. The Morgan fingerprint density at radius 3 is 2.42 bits per heavy atom. The molecule has 2 aromatic carbocycles. The van der Waals surface area contributed by atoms with Gasteiger partial charge in [0.1, 0.15) is 10.8 Å². The SMILES string of the molecule is Cc1ccc(-c2nnc(NC(=O)[C@@H](C)Oc3ccc(C)cc3C)s2)cc1. The zero-order chi connectivity index (χ0) is 18.7. The van der Waals surface area contributed by atoms with Crippen molar-refractivity contribution in [2.75, 3.05) is 5.32 Å². The Bertz CT molecular complexity index is 919. The average Bonchev–Trinajstić information content (AvgIpc) is 3.06. The van der Waals surface area contributed by atoms with Crippen molar-refractivity contribution in [2.24, 2.45) is 0 Å². The number of carbonyl (C=O) groups excluding carboxylic acids is 1. The summed E-state index contributed by atoms with van der Waals surface area (Å²) in [5.41, 5.74) is 4.32. The van der Waals surface area contributed by atoms with Crippen LogP contribution in [-0.2, 0) is 4.79 Å². The van der Waals surface area contributed by atoms with Gasteiger partial charge in [0.15, 0.2) is 6.10 Å². The highest BCUT2D eigenvalue weighted by atomic mass is 32.1. The molecule has 3 aromatic rings. The van der Waals surface area contributed by atoms with Gasteiger partial charge in [0.05, 0.1) is 0 Å². The third-order valence-corrected chi connectivity index (χ3v) is 4.84. The third-order valence-electron chi connectivity index (χ3n) is 3.96. The lowest BCUT2D eigenvalue weighted by Crippen LogP contribution is -2.30. The highest BCUT2D eigenvalue weighted by Crippen LogP contribution is 2.27. The number of hydrogen-bond acceptors (Lipinski definition) is 5. The fourth-order valence-corrected chi connectivity index (χ4v) is 3.22. The molecule has 3 rings (SSSR count). The van der Waals surface area contributed by atoms with Crippen molar-refractivity contribution in [3.8, 4) is 16.3 Å². The van der Waals surface area contributed by atoms with Crippen LogP contribution in [0.25, 0.3) is 10.6 Å². The molecule has 1 heterocycles. The monoisotopic (exact) mass is 367 g/mol. The molecule has 0 fully saturated rings. The van der Waals surface area contributed by atoms with Gasteiger partial charge in [-0.3, -0.25) is 10.1 Å². The van der Waals surface area contributed by atoms with E-state index in [1.165, 1.54) is 16.9 Å². The lowest BCUT2D eigenvalue weighted by Gasteiger charge is -2.15. The van der Waals surface area contributed by atoms with Gasteiger partial charge in [-0.05, 0) is 39.3 Å². The molecule has 0 unspecified atom stereocenters. The summed E-state index contributed by atoms with van der Waals surface area (Å²) in [5.74, 6) is 0.451. The Balaban J connectivity index is 1.65. The number of rotatable bonds is 5. The van der Waals surface area contributed by atoms with Crippen molar-refractivity contribution in [3.05, 3.63) is 59.2 Å². The van der Waals surface area contributed by atoms with Crippen LogP contribution in [0.5, 0.6) is 5.75 Å². The normalized spacial score (nSPS) is 11.8. The zero-order valence-electron chi connectivity index (χ0n) is 15.2. The summed E-state index contributed by atoms with van der Waals surface area (Å²) in [6, 6.07) is 13.9. The molecule has 0 aliphatic carbocycles. The molecule has 0 radical (unpaired) electrons. The van der Waals surface area contributed by atoms with Crippen molar-refractivity contribution in [1.29, 1.82) is 0 Å². The van der Waals surface area contributed by atoms with Gasteiger partial charge >= 0.3 is 0 Å². The number of aryl methyl sites for hydroxylation is 3. The fourth-order valence-electron chi connectivity index (χ4n) is 2.47. The molecule has 1 amide bonds. The van der Waals surface area contributed by atoms with Crippen LogP contribution >= 0.6 is 11.3 Å². The van der Waals surface area contributed by atoms with Crippen molar-refractivity contribution in [2.45, 2.75) is 33.8 Å². The number of hydrogen-bond donors (Lipinski definition) is 1. The molecule has 1 N–H and O–H groups in total. The average molecular weight is 367 g/mol. The van der Waals surface area contributed by atoms with E-state index in [-0.39, 0.29) is 5.91 Å². The fraction of sp³-hybridized carbons (Fsp3) is 0.250. The molecule has 1 aromatic heterocycles. The summed E-state index contributed by atoms with van der Waals surface area (Å²) < 4.78 is 5.78. The van der Waals surface area contributed by atoms with E-state index in [1.54, 1.807) is 6.92 Å². The van der Waals surface area contributed by atoms with Crippen LogP contribution in [0.2, 0.25) is 0 Å². The summed E-state index contributed by atoms with van der Waals surface area (Å²) in [5, 5.41) is 12.2. The minimum absolute atomic E-state index is 0.253. The van der Waals surface area contributed by atoms with Gasteiger partial charge in [-0.1, -0.05) is 58.9 Å². The number of nitrogens with zero attached hydrogens (tertiary/aromatic N) is 2. The number of aromatic nitrogens is 2. The quantitative estimate of drug-likeness (QED) is 0.719. The highest BCUT2D eigenvalue weighted by Gasteiger charge is 2.18. The summed E-state index contributed by atoms with van der Waals surface area (Å²) in [6.45, 7) is 7.74. The molecule has 0 bridgehead atoms. The summed E-state index contributed by atoms with van der Waals surface area (Å²) in [6.07, 6.45) is -0.636. The number of amides is 1. The molecule has 5 nitrogen and oxygen atoms in total. The van der Waals surface area contributed by atoms with Crippen LogP contribution in [-0.4, -0.2) is 22.2 Å². The molecule has 0 saturated heterocycles. The first-order valence-electron chi connectivity index (χ1n) is 8.37. The van der Waals surface area contributed by atoms with Crippen molar-refractivity contribution in [3.63, 3.8) is 0 Å². The first-order chi connectivity index (χ1) is 12.4. The van der Waals surface area contributed by atoms with Crippen molar-refractivity contribution in [1.82, 2.24) is 10.2 Å². The molecule has 0 aliphatic heterocycles. The van der Waals surface area contributed by atoms with Gasteiger partial charge in [-0.2, -0.15) is 0 Å². The van der Waals surface area contributed by atoms with E-state index in [1.807, 2.05) is 63.2 Å². The van der Waals surface area contributed by atoms with E-state index in [0.29, 0.717) is 10.9 Å². The lowest BCUT2D eigenvalue weighted by molar-refractivity contribution is -0.122. The largest absolute Gasteiger partial charge is 0.481 e. The molecule has 0 aliphatic rings. The van der Waals surface area contributed by atoms with Gasteiger partial charge in [0.2, 0.25) is 5.13 Å². The predicted molar refractivity (Wildman–Crippen MR) is 105 cm³/mol. The maximum Gasteiger partial charge on any atom is 0.266 e. The third kappa shape index (κ3) is 4.26.